The zero-order chi connectivity index (χ0) is 8.97. The van der Waals surface area contributed by atoms with Gasteiger partial charge in [0.05, 0.1) is 12.0 Å². The molecule has 2 unspecified atom stereocenters. The smallest absolute Gasteiger partial charge is 0.0677 e. The quantitative estimate of drug-likeness (QED) is 0.489. The summed E-state index contributed by atoms with van der Waals surface area (Å²) in [6.07, 6.45) is 4.41. The Hall–Kier alpha value is -0.0100. The molecule has 0 saturated heterocycles. The maximum atomic E-state index is 6.05. The Bertz CT molecular complexity index is 165. The number of rotatable bonds is 3. The van der Waals surface area contributed by atoms with Crippen LogP contribution in [0.15, 0.2) is 11.6 Å². The second kappa shape index (κ2) is 4.88. The largest absolute Gasteiger partial charge is 0.377 e. The van der Waals surface area contributed by atoms with Gasteiger partial charge in [-0.1, -0.05) is 13.0 Å². The van der Waals surface area contributed by atoms with Crippen molar-refractivity contribution >= 4 is 11.6 Å². The van der Waals surface area contributed by atoms with Crippen LogP contribution in [-0.4, -0.2) is 18.6 Å². The molecule has 0 saturated carbocycles. The van der Waals surface area contributed by atoms with Crippen molar-refractivity contribution in [2.75, 3.05) is 13.2 Å². The van der Waals surface area contributed by atoms with Crippen LogP contribution in [-0.2, 0) is 4.74 Å². The molecule has 1 nitrogen and oxygen atoms in total. The highest BCUT2D eigenvalue weighted by atomic mass is 35.5. The van der Waals surface area contributed by atoms with E-state index in [2.05, 4.69) is 13.0 Å². The summed E-state index contributed by atoms with van der Waals surface area (Å²) in [5, 5.41) is 0.226. The van der Waals surface area contributed by atoms with Crippen LogP contribution in [0.3, 0.4) is 0 Å². The van der Waals surface area contributed by atoms with E-state index in [1.54, 1.807) is 0 Å². The van der Waals surface area contributed by atoms with Gasteiger partial charge >= 0.3 is 0 Å². The highest BCUT2D eigenvalue weighted by Gasteiger charge is 2.16. The molecule has 0 aromatic rings. The first-order chi connectivity index (χ1) is 5.72. The first kappa shape index (κ1) is 10.1. The molecule has 0 aromatic heterocycles. The second-order valence-electron chi connectivity index (χ2n) is 3.52. The van der Waals surface area contributed by atoms with E-state index in [4.69, 9.17) is 16.3 Å². The molecule has 0 radical (unpaired) electrons. The summed E-state index contributed by atoms with van der Waals surface area (Å²) in [4.78, 5) is 0. The molecule has 0 fully saturated rings. The molecule has 0 aromatic carbocycles. The number of hydrogen-bond donors (Lipinski definition) is 0. The summed E-state index contributed by atoms with van der Waals surface area (Å²) in [5.41, 5.74) is 1.37. The lowest BCUT2D eigenvalue weighted by atomic mass is 9.90. The average molecular weight is 189 g/mol. The molecule has 1 rings (SSSR count). The molecule has 0 bridgehead atoms. The molecule has 2 atom stereocenters. The Labute approximate surface area is 79.7 Å². The lowest BCUT2D eigenvalue weighted by molar-refractivity contribution is 0.165. The average Bonchev–Trinajstić information content (AvgIpc) is 1.99. The molecule has 0 spiro atoms. The molecule has 0 heterocycles. The highest BCUT2D eigenvalue weighted by Crippen LogP contribution is 2.26. The molecular weight excluding hydrogens is 172 g/mol. The van der Waals surface area contributed by atoms with Crippen molar-refractivity contribution in [1.82, 2.24) is 0 Å². The van der Waals surface area contributed by atoms with Crippen LogP contribution in [0, 0.1) is 5.92 Å². The number of ether oxygens (including phenoxy) is 1. The Morgan fingerprint density at radius 2 is 2.42 bits per heavy atom. The van der Waals surface area contributed by atoms with Crippen molar-refractivity contribution in [3.8, 4) is 0 Å². The maximum Gasteiger partial charge on any atom is 0.0677 e. The highest BCUT2D eigenvalue weighted by molar-refractivity contribution is 6.21. The first-order valence-electron chi connectivity index (χ1n) is 4.63. The first-order valence-corrected chi connectivity index (χ1v) is 5.07. The lowest BCUT2D eigenvalue weighted by Crippen LogP contribution is -2.14. The van der Waals surface area contributed by atoms with E-state index in [1.807, 2.05) is 6.92 Å². The van der Waals surface area contributed by atoms with Crippen molar-refractivity contribution in [1.29, 1.82) is 0 Å². The van der Waals surface area contributed by atoms with Crippen molar-refractivity contribution in [3.05, 3.63) is 11.6 Å². The van der Waals surface area contributed by atoms with Gasteiger partial charge in [-0.2, -0.15) is 0 Å². The van der Waals surface area contributed by atoms with E-state index in [9.17, 15) is 0 Å². The van der Waals surface area contributed by atoms with E-state index in [-0.39, 0.29) is 5.38 Å². The van der Waals surface area contributed by atoms with Crippen molar-refractivity contribution in [2.45, 2.75) is 32.1 Å². The Morgan fingerprint density at radius 1 is 1.67 bits per heavy atom. The Kier molecular flexibility index (Phi) is 4.10. The predicted octanol–water partition coefficient (Wildman–Crippen LogP) is 2.99. The SMILES string of the molecule is CCOCC1=CC(Cl)CC(C)C1. The fourth-order valence-electron chi connectivity index (χ4n) is 1.65. The van der Waals surface area contributed by atoms with Crippen molar-refractivity contribution in [3.63, 3.8) is 0 Å². The monoisotopic (exact) mass is 188 g/mol. The molecule has 1 aliphatic rings. The third-order valence-electron chi connectivity index (χ3n) is 2.15. The summed E-state index contributed by atoms with van der Waals surface area (Å²) >= 11 is 6.05. The predicted molar refractivity (Wildman–Crippen MR) is 52.6 cm³/mol. The van der Waals surface area contributed by atoms with E-state index >= 15 is 0 Å². The zero-order valence-electron chi connectivity index (χ0n) is 7.85. The minimum atomic E-state index is 0.226. The Morgan fingerprint density at radius 3 is 3.00 bits per heavy atom. The van der Waals surface area contributed by atoms with E-state index < -0.39 is 0 Å². The molecule has 0 N–H and O–H groups in total. The van der Waals surface area contributed by atoms with Crippen LogP contribution in [0.25, 0.3) is 0 Å². The normalized spacial score (nSPS) is 30.1. The van der Waals surface area contributed by atoms with E-state index in [0.717, 1.165) is 26.1 Å². The van der Waals surface area contributed by atoms with Gasteiger partial charge in [0.15, 0.2) is 0 Å². The molecule has 2 heteroatoms. The molecule has 0 amide bonds. The van der Waals surface area contributed by atoms with Gasteiger partial charge in [0.2, 0.25) is 0 Å². The minimum Gasteiger partial charge on any atom is -0.377 e. The van der Waals surface area contributed by atoms with Gasteiger partial charge in [-0.05, 0) is 31.3 Å². The maximum absolute atomic E-state index is 6.05. The summed E-state index contributed by atoms with van der Waals surface area (Å²) in [7, 11) is 0. The summed E-state index contributed by atoms with van der Waals surface area (Å²) < 4.78 is 5.34. The summed E-state index contributed by atoms with van der Waals surface area (Å²) in [6, 6.07) is 0. The Balaban J connectivity index is 2.40. The van der Waals surface area contributed by atoms with Gasteiger partial charge < -0.3 is 4.74 Å². The fourth-order valence-corrected chi connectivity index (χ4v) is 2.13. The van der Waals surface area contributed by atoms with Gasteiger partial charge in [-0.15, -0.1) is 11.6 Å². The topological polar surface area (TPSA) is 9.23 Å². The van der Waals surface area contributed by atoms with Crippen LogP contribution < -0.4 is 0 Å². The van der Waals surface area contributed by atoms with Gasteiger partial charge in [-0.3, -0.25) is 0 Å². The van der Waals surface area contributed by atoms with Gasteiger partial charge in [0, 0.05) is 6.61 Å². The zero-order valence-corrected chi connectivity index (χ0v) is 8.60. The van der Waals surface area contributed by atoms with Gasteiger partial charge in [0.1, 0.15) is 0 Å². The molecule has 1 aliphatic carbocycles. The van der Waals surface area contributed by atoms with E-state index in [0.29, 0.717) is 5.92 Å². The van der Waals surface area contributed by atoms with Crippen molar-refractivity contribution < 1.29 is 4.74 Å². The number of alkyl halides is 1. The molecular formula is C10H17ClO. The molecule has 70 valence electrons. The number of hydrogen-bond acceptors (Lipinski definition) is 1. The van der Waals surface area contributed by atoms with Crippen LogP contribution >= 0.6 is 11.6 Å². The van der Waals surface area contributed by atoms with Crippen LogP contribution in [0.1, 0.15) is 26.7 Å². The van der Waals surface area contributed by atoms with Crippen LogP contribution in [0.5, 0.6) is 0 Å². The van der Waals surface area contributed by atoms with Crippen molar-refractivity contribution in [2.24, 2.45) is 5.92 Å². The van der Waals surface area contributed by atoms with Crippen LogP contribution in [0.2, 0.25) is 0 Å². The summed E-state index contributed by atoms with van der Waals surface area (Å²) in [6.45, 7) is 5.82. The van der Waals surface area contributed by atoms with E-state index in [1.165, 1.54) is 5.57 Å². The number of halogens is 1. The molecule has 12 heavy (non-hydrogen) atoms. The number of allylic oxidation sites excluding steroid dienone is 1. The fraction of sp³-hybridized carbons (Fsp3) is 0.800. The molecule has 0 aliphatic heterocycles. The standard InChI is InChI=1S/C10H17ClO/c1-3-12-7-9-4-8(2)5-10(11)6-9/h6,8,10H,3-5,7H2,1-2H3. The van der Waals surface area contributed by atoms with Gasteiger partial charge in [-0.25, -0.2) is 0 Å². The van der Waals surface area contributed by atoms with Crippen LogP contribution in [0.4, 0.5) is 0 Å². The second-order valence-corrected chi connectivity index (χ2v) is 4.08. The minimum absolute atomic E-state index is 0.226. The summed E-state index contributed by atoms with van der Waals surface area (Å²) in [5.74, 6) is 0.716. The third-order valence-corrected chi connectivity index (χ3v) is 2.45. The lowest BCUT2D eigenvalue weighted by Gasteiger charge is -2.22. The third kappa shape index (κ3) is 3.16. The van der Waals surface area contributed by atoms with Gasteiger partial charge in [0.25, 0.3) is 0 Å².